The van der Waals surface area contributed by atoms with Crippen LogP contribution in [0.25, 0.3) is 5.52 Å². The number of rotatable bonds is 4. The Morgan fingerprint density at radius 3 is 3.00 bits per heavy atom. The first kappa shape index (κ1) is 13.3. The van der Waals surface area contributed by atoms with Gasteiger partial charge in [-0.1, -0.05) is 34.1 Å². The van der Waals surface area contributed by atoms with E-state index in [4.69, 9.17) is 0 Å². The minimum absolute atomic E-state index is 0.297. The third-order valence-corrected chi connectivity index (χ3v) is 3.95. The number of hydrogen-bond acceptors (Lipinski definition) is 2. The monoisotopic (exact) mass is 329 g/mol. The fourth-order valence-corrected chi connectivity index (χ4v) is 2.70. The van der Waals surface area contributed by atoms with Crippen molar-refractivity contribution in [3.8, 4) is 0 Å². The number of nitrogens with one attached hydrogen (secondary N) is 1. The lowest BCUT2D eigenvalue weighted by atomic mass is 10.1. The maximum Gasteiger partial charge on any atom is 0.0706 e. The molecule has 1 aromatic carbocycles. The molecule has 2 aromatic heterocycles. The third-order valence-electron chi connectivity index (χ3n) is 3.45. The summed E-state index contributed by atoms with van der Waals surface area (Å²) in [5.74, 6) is 0. The van der Waals surface area contributed by atoms with Crippen LogP contribution < -0.4 is 5.32 Å². The van der Waals surface area contributed by atoms with Gasteiger partial charge in [-0.15, -0.1) is 0 Å². The van der Waals surface area contributed by atoms with Crippen LogP contribution in [0.1, 0.15) is 24.1 Å². The average molecular weight is 330 g/mol. The first-order valence-corrected chi connectivity index (χ1v) is 7.43. The topological polar surface area (TPSA) is 29.3 Å². The van der Waals surface area contributed by atoms with Gasteiger partial charge in [0.1, 0.15) is 0 Å². The number of fused-ring (bicyclic) bond motifs is 1. The van der Waals surface area contributed by atoms with Crippen molar-refractivity contribution in [2.75, 3.05) is 0 Å². The number of benzene rings is 1. The second kappa shape index (κ2) is 5.77. The van der Waals surface area contributed by atoms with Crippen molar-refractivity contribution >= 4 is 21.4 Å². The normalized spacial score (nSPS) is 12.7. The van der Waals surface area contributed by atoms with Crippen molar-refractivity contribution in [2.45, 2.75) is 19.5 Å². The average Bonchev–Trinajstić information content (AvgIpc) is 2.88. The number of halogens is 1. The molecule has 2 heterocycles. The van der Waals surface area contributed by atoms with Crippen LogP contribution >= 0.6 is 15.9 Å². The molecule has 102 valence electrons. The van der Waals surface area contributed by atoms with Gasteiger partial charge in [-0.25, -0.2) is 4.52 Å². The molecule has 0 radical (unpaired) electrons. The molecule has 0 spiro atoms. The molecule has 3 nitrogen and oxygen atoms in total. The van der Waals surface area contributed by atoms with Crippen LogP contribution in [0.5, 0.6) is 0 Å². The van der Waals surface area contributed by atoms with E-state index in [0.717, 1.165) is 16.5 Å². The molecule has 0 unspecified atom stereocenters. The van der Waals surface area contributed by atoms with Gasteiger partial charge in [0.15, 0.2) is 0 Å². The van der Waals surface area contributed by atoms with Crippen LogP contribution in [0.2, 0.25) is 0 Å². The highest BCUT2D eigenvalue weighted by Crippen LogP contribution is 2.19. The molecule has 4 heteroatoms. The zero-order valence-corrected chi connectivity index (χ0v) is 12.8. The highest BCUT2D eigenvalue weighted by atomic mass is 79.9. The Bertz CT molecular complexity index is 720. The van der Waals surface area contributed by atoms with Gasteiger partial charge in [-0.3, -0.25) is 0 Å². The molecule has 3 aromatic rings. The van der Waals surface area contributed by atoms with Gasteiger partial charge in [0, 0.05) is 28.8 Å². The van der Waals surface area contributed by atoms with E-state index in [-0.39, 0.29) is 0 Å². The standard InChI is InChI=1S/C16H16BrN3/c1-12(13-5-4-6-15(17)9-13)18-10-14-11-19-20-8-3-2-7-16(14)20/h2-9,11-12,18H,10H2,1H3/t12-/m1/s1. The van der Waals surface area contributed by atoms with Gasteiger partial charge in [-0.05, 0) is 36.8 Å². The summed E-state index contributed by atoms with van der Waals surface area (Å²) in [7, 11) is 0. The zero-order valence-electron chi connectivity index (χ0n) is 11.3. The van der Waals surface area contributed by atoms with Crippen LogP contribution in [0.4, 0.5) is 0 Å². The predicted molar refractivity (Wildman–Crippen MR) is 84.6 cm³/mol. The number of nitrogens with zero attached hydrogens (tertiary/aromatic N) is 2. The molecular weight excluding hydrogens is 314 g/mol. The van der Waals surface area contributed by atoms with E-state index in [0.29, 0.717) is 6.04 Å². The summed E-state index contributed by atoms with van der Waals surface area (Å²) >= 11 is 3.51. The Hall–Kier alpha value is -1.65. The van der Waals surface area contributed by atoms with Crippen molar-refractivity contribution < 1.29 is 0 Å². The van der Waals surface area contributed by atoms with Crippen LogP contribution in [-0.4, -0.2) is 9.61 Å². The van der Waals surface area contributed by atoms with Gasteiger partial charge in [0.25, 0.3) is 0 Å². The quantitative estimate of drug-likeness (QED) is 0.785. The number of hydrogen-bond donors (Lipinski definition) is 1. The van der Waals surface area contributed by atoms with Gasteiger partial charge in [0.05, 0.1) is 11.7 Å². The first-order chi connectivity index (χ1) is 9.74. The summed E-state index contributed by atoms with van der Waals surface area (Å²) in [5, 5.41) is 7.90. The second-order valence-electron chi connectivity index (χ2n) is 4.86. The first-order valence-electron chi connectivity index (χ1n) is 6.64. The summed E-state index contributed by atoms with van der Waals surface area (Å²) in [4.78, 5) is 0. The lowest BCUT2D eigenvalue weighted by Crippen LogP contribution is -2.17. The maximum absolute atomic E-state index is 4.35. The molecule has 0 aliphatic carbocycles. The molecular formula is C16H16BrN3. The van der Waals surface area contributed by atoms with Crippen molar-refractivity contribution in [1.82, 2.24) is 14.9 Å². The molecule has 20 heavy (non-hydrogen) atoms. The molecule has 0 aliphatic heterocycles. The summed E-state index contributed by atoms with van der Waals surface area (Å²) in [6.07, 6.45) is 3.90. The van der Waals surface area contributed by atoms with Crippen LogP contribution in [0.3, 0.4) is 0 Å². The Labute approximate surface area is 126 Å². The minimum atomic E-state index is 0.297. The van der Waals surface area contributed by atoms with E-state index in [1.165, 1.54) is 11.1 Å². The number of aromatic nitrogens is 2. The van der Waals surface area contributed by atoms with E-state index < -0.39 is 0 Å². The lowest BCUT2D eigenvalue weighted by Gasteiger charge is -2.14. The fraction of sp³-hybridized carbons (Fsp3) is 0.188. The Balaban J connectivity index is 1.73. The van der Waals surface area contributed by atoms with Crippen molar-refractivity contribution in [3.05, 3.63) is 70.5 Å². The van der Waals surface area contributed by atoms with Gasteiger partial charge in [-0.2, -0.15) is 5.10 Å². The summed E-state index contributed by atoms with van der Waals surface area (Å²) in [6.45, 7) is 2.98. The summed E-state index contributed by atoms with van der Waals surface area (Å²) in [6, 6.07) is 14.8. The van der Waals surface area contributed by atoms with Crippen LogP contribution in [-0.2, 0) is 6.54 Å². The Kier molecular flexibility index (Phi) is 3.85. The Morgan fingerprint density at radius 2 is 2.15 bits per heavy atom. The molecule has 0 bridgehead atoms. The molecule has 0 saturated carbocycles. The third kappa shape index (κ3) is 2.76. The highest BCUT2D eigenvalue weighted by Gasteiger charge is 2.07. The smallest absolute Gasteiger partial charge is 0.0706 e. The summed E-state index contributed by atoms with van der Waals surface area (Å²) in [5.41, 5.74) is 3.64. The van der Waals surface area contributed by atoms with E-state index in [9.17, 15) is 0 Å². The largest absolute Gasteiger partial charge is 0.306 e. The lowest BCUT2D eigenvalue weighted by molar-refractivity contribution is 0.576. The Morgan fingerprint density at radius 1 is 1.25 bits per heavy atom. The molecule has 0 fully saturated rings. The van der Waals surface area contributed by atoms with E-state index >= 15 is 0 Å². The van der Waals surface area contributed by atoms with Crippen molar-refractivity contribution in [3.63, 3.8) is 0 Å². The molecule has 3 rings (SSSR count). The molecule has 1 atom stereocenters. The van der Waals surface area contributed by atoms with E-state index in [2.05, 4.69) is 57.5 Å². The molecule has 0 aliphatic rings. The van der Waals surface area contributed by atoms with Gasteiger partial charge >= 0.3 is 0 Å². The van der Waals surface area contributed by atoms with Gasteiger partial charge < -0.3 is 5.32 Å². The fourth-order valence-electron chi connectivity index (χ4n) is 2.28. The maximum atomic E-state index is 4.35. The van der Waals surface area contributed by atoms with Crippen molar-refractivity contribution in [1.29, 1.82) is 0 Å². The van der Waals surface area contributed by atoms with Crippen molar-refractivity contribution in [2.24, 2.45) is 0 Å². The SMILES string of the molecule is C[C@@H](NCc1cnn2ccccc12)c1cccc(Br)c1. The van der Waals surface area contributed by atoms with E-state index in [1.54, 1.807) is 0 Å². The van der Waals surface area contributed by atoms with E-state index in [1.807, 2.05) is 35.1 Å². The molecule has 1 N–H and O–H groups in total. The second-order valence-corrected chi connectivity index (χ2v) is 5.77. The summed E-state index contributed by atoms with van der Waals surface area (Å²) < 4.78 is 3.01. The molecule has 0 amide bonds. The zero-order chi connectivity index (χ0) is 13.9. The minimum Gasteiger partial charge on any atom is -0.306 e. The predicted octanol–water partition coefficient (Wildman–Crippen LogP) is 3.95. The number of pyridine rings is 1. The van der Waals surface area contributed by atoms with Gasteiger partial charge in [0.2, 0.25) is 0 Å². The highest BCUT2D eigenvalue weighted by molar-refractivity contribution is 9.10. The molecule has 0 saturated heterocycles. The van der Waals surface area contributed by atoms with Crippen LogP contribution in [0, 0.1) is 0 Å². The van der Waals surface area contributed by atoms with Crippen LogP contribution in [0.15, 0.2) is 59.3 Å².